The Bertz CT molecular complexity index is 567. The van der Waals surface area contributed by atoms with Gasteiger partial charge in [-0.15, -0.1) is 0 Å². The molecule has 0 unspecified atom stereocenters. The van der Waals surface area contributed by atoms with Gasteiger partial charge in [0.15, 0.2) is 0 Å². The summed E-state index contributed by atoms with van der Waals surface area (Å²) in [5, 5.41) is 0.988. The smallest absolute Gasteiger partial charge is 0.309 e. The van der Waals surface area contributed by atoms with Crippen molar-refractivity contribution in [2.45, 2.75) is 53.5 Å². The van der Waals surface area contributed by atoms with Gasteiger partial charge in [0, 0.05) is 18.2 Å². The quantitative estimate of drug-likeness (QED) is 0.741. The number of amides is 2. The lowest BCUT2D eigenvalue weighted by Crippen LogP contribution is -2.60. The van der Waals surface area contributed by atoms with Crippen LogP contribution in [0.3, 0.4) is 0 Å². The fraction of sp³-hybridized carbons (Fsp3) is 0.647. The molecule has 1 aliphatic rings. The van der Waals surface area contributed by atoms with Crippen molar-refractivity contribution in [3.8, 4) is 0 Å². The van der Waals surface area contributed by atoms with Gasteiger partial charge in [0.25, 0.3) is 0 Å². The Morgan fingerprint density at radius 1 is 1.26 bits per heavy atom. The molecule has 23 heavy (non-hydrogen) atoms. The van der Waals surface area contributed by atoms with Crippen molar-refractivity contribution in [2.75, 3.05) is 24.8 Å². The monoisotopic (exact) mass is 336 g/mol. The van der Waals surface area contributed by atoms with Gasteiger partial charge < -0.3 is 4.90 Å². The number of carbonyl (C=O) groups excluding carboxylic acids is 1. The van der Waals surface area contributed by atoms with Gasteiger partial charge in [-0.1, -0.05) is 26.0 Å². The number of aromatic nitrogens is 1. The van der Waals surface area contributed by atoms with E-state index >= 15 is 0 Å². The maximum absolute atomic E-state index is 12.9. The molecule has 0 N–H and O–H groups in total. The maximum atomic E-state index is 12.9. The molecule has 0 saturated carbocycles. The summed E-state index contributed by atoms with van der Waals surface area (Å²) in [6, 6.07) is 0.270. The van der Waals surface area contributed by atoms with Crippen molar-refractivity contribution in [1.29, 1.82) is 0 Å². The maximum Gasteiger partial charge on any atom is 0.327 e. The van der Waals surface area contributed by atoms with E-state index in [0.29, 0.717) is 13.3 Å². The molecule has 1 aromatic rings. The van der Waals surface area contributed by atoms with E-state index < -0.39 is 0 Å². The van der Waals surface area contributed by atoms with Gasteiger partial charge in [0.1, 0.15) is 5.00 Å². The number of carbonyl (C=O) groups is 1. The number of anilines is 1. The molecule has 1 fully saturated rings. The van der Waals surface area contributed by atoms with Gasteiger partial charge >= 0.3 is 6.03 Å². The Morgan fingerprint density at radius 2 is 2.00 bits per heavy atom. The van der Waals surface area contributed by atoms with E-state index in [2.05, 4.69) is 56.0 Å². The molecule has 128 valence electrons. The summed E-state index contributed by atoms with van der Waals surface area (Å²) >= 11 is 1.44. The molecule has 0 radical (unpaired) electrons. The summed E-state index contributed by atoms with van der Waals surface area (Å²) in [5.41, 5.74) is 2.23. The third-order valence-corrected chi connectivity index (χ3v) is 5.15. The van der Waals surface area contributed by atoms with Gasteiger partial charge in [-0.05, 0) is 45.1 Å². The second-order valence-electron chi connectivity index (χ2n) is 6.20. The Labute approximate surface area is 143 Å². The first kappa shape index (κ1) is 17.9. The fourth-order valence-corrected chi connectivity index (χ4v) is 3.67. The summed E-state index contributed by atoms with van der Waals surface area (Å²) in [7, 11) is 0. The van der Waals surface area contributed by atoms with E-state index in [1.165, 1.54) is 11.5 Å². The van der Waals surface area contributed by atoms with Crippen LogP contribution in [0, 0.1) is 6.92 Å². The van der Waals surface area contributed by atoms with Gasteiger partial charge in [0.05, 0.1) is 19.0 Å². The zero-order valence-corrected chi connectivity index (χ0v) is 15.7. The summed E-state index contributed by atoms with van der Waals surface area (Å²) in [6.07, 6.45) is 6.30. The van der Waals surface area contributed by atoms with E-state index in [1.807, 2.05) is 9.80 Å². The van der Waals surface area contributed by atoms with Crippen molar-refractivity contribution in [2.24, 2.45) is 0 Å². The third kappa shape index (κ3) is 3.93. The fourth-order valence-electron chi connectivity index (χ4n) is 2.72. The Morgan fingerprint density at radius 3 is 2.57 bits per heavy atom. The standard InChI is InChI=1S/C17H28N4OS/c1-6-8-9-10-19-11-20(13(3)4)17(22)21(12-19)16-14(5)15(7-2)18-23-16/h8-9,13H,6-7,10-12H2,1-5H3/b9-8+. The second kappa shape index (κ2) is 7.93. The van der Waals surface area contributed by atoms with Gasteiger partial charge in [0.2, 0.25) is 0 Å². The molecule has 2 rings (SSSR count). The van der Waals surface area contributed by atoms with Crippen LogP contribution in [0.5, 0.6) is 0 Å². The lowest BCUT2D eigenvalue weighted by Gasteiger charge is -2.43. The largest absolute Gasteiger partial charge is 0.327 e. The Hall–Kier alpha value is -1.40. The number of hydrogen-bond donors (Lipinski definition) is 0. The van der Waals surface area contributed by atoms with Crippen molar-refractivity contribution in [3.63, 3.8) is 0 Å². The van der Waals surface area contributed by atoms with Crippen molar-refractivity contribution < 1.29 is 4.79 Å². The van der Waals surface area contributed by atoms with Crippen LogP contribution in [0.15, 0.2) is 12.2 Å². The highest BCUT2D eigenvalue weighted by molar-refractivity contribution is 7.10. The van der Waals surface area contributed by atoms with E-state index in [1.54, 1.807) is 0 Å². The minimum Gasteiger partial charge on any atom is -0.309 e. The highest BCUT2D eigenvalue weighted by atomic mass is 32.1. The van der Waals surface area contributed by atoms with E-state index in [-0.39, 0.29) is 12.1 Å². The topological polar surface area (TPSA) is 39.7 Å². The van der Waals surface area contributed by atoms with Crippen LogP contribution < -0.4 is 4.90 Å². The van der Waals surface area contributed by atoms with Gasteiger partial charge in [-0.3, -0.25) is 9.80 Å². The molecule has 1 saturated heterocycles. The van der Waals surface area contributed by atoms with E-state index in [0.717, 1.165) is 35.6 Å². The molecule has 1 aliphatic heterocycles. The summed E-state index contributed by atoms with van der Waals surface area (Å²) in [6.45, 7) is 12.6. The summed E-state index contributed by atoms with van der Waals surface area (Å²) < 4.78 is 4.51. The minimum absolute atomic E-state index is 0.0881. The molecule has 1 aromatic heterocycles. The number of rotatable bonds is 6. The molecule has 6 heteroatoms. The Kier molecular flexibility index (Phi) is 6.18. The van der Waals surface area contributed by atoms with Crippen LogP contribution in [0.25, 0.3) is 0 Å². The van der Waals surface area contributed by atoms with Crippen LogP contribution in [0.4, 0.5) is 9.80 Å². The van der Waals surface area contributed by atoms with Crippen LogP contribution in [-0.4, -0.2) is 46.1 Å². The first-order valence-corrected chi connectivity index (χ1v) is 9.17. The molecule has 0 aliphatic carbocycles. The molecule has 0 spiro atoms. The zero-order valence-electron chi connectivity index (χ0n) is 14.9. The highest BCUT2D eigenvalue weighted by Crippen LogP contribution is 2.31. The predicted molar refractivity (Wildman–Crippen MR) is 97.0 cm³/mol. The molecule has 2 heterocycles. The number of urea groups is 1. The summed E-state index contributed by atoms with van der Waals surface area (Å²) in [5.74, 6) is 0. The van der Waals surface area contributed by atoms with Crippen LogP contribution in [0.1, 0.15) is 45.4 Å². The lowest BCUT2D eigenvalue weighted by atomic mass is 10.2. The third-order valence-electron chi connectivity index (χ3n) is 4.14. The van der Waals surface area contributed by atoms with Crippen molar-refractivity contribution in [3.05, 3.63) is 23.4 Å². The Balaban J connectivity index is 2.26. The van der Waals surface area contributed by atoms with Crippen LogP contribution >= 0.6 is 11.5 Å². The van der Waals surface area contributed by atoms with Crippen LogP contribution in [0.2, 0.25) is 0 Å². The van der Waals surface area contributed by atoms with Crippen LogP contribution in [-0.2, 0) is 6.42 Å². The van der Waals surface area contributed by atoms with Crippen molar-refractivity contribution in [1.82, 2.24) is 14.2 Å². The van der Waals surface area contributed by atoms with Gasteiger partial charge in [-0.25, -0.2) is 4.79 Å². The lowest BCUT2D eigenvalue weighted by molar-refractivity contribution is 0.106. The second-order valence-corrected chi connectivity index (χ2v) is 6.95. The van der Waals surface area contributed by atoms with E-state index in [9.17, 15) is 4.79 Å². The first-order chi connectivity index (χ1) is 11.0. The highest BCUT2D eigenvalue weighted by Gasteiger charge is 2.34. The number of hydrogen-bond acceptors (Lipinski definition) is 4. The molecular formula is C17H28N4OS. The van der Waals surface area contributed by atoms with E-state index in [4.69, 9.17) is 0 Å². The molecule has 0 atom stereocenters. The van der Waals surface area contributed by atoms with Crippen molar-refractivity contribution >= 4 is 22.6 Å². The summed E-state index contributed by atoms with van der Waals surface area (Å²) in [4.78, 5) is 19.0. The average molecular weight is 337 g/mol. The normalized spacial score (nSPS) is 17.0. The number of allylic oxidation sites excluding steroid dienone is 1. The zero-order chi connectivity index (χ0) is 17.0. The average Bonchev–Trinajstić information content (AvgIpc) is 2.89. The molecule has 0 aromatic carbocycles. The van der Waals surface area contributed by atoms with Gasteiger partial charge in [-0.2, -0.15) is 4.37 Å². The molecular weight excluding hydrogens is 308 g/mol. The number of nitrogens with zero attached hydrogens (tertiary/aromatic N) is 4. The number of aryl methyl sites for hydroxylation is 1. The SMILES string of the molecule is CC/C=C/CN1CN(c2snc(CC)c2C)C(=O)N(C(C)C)C1. The molecule has 0 bridgehead atoms. The first-order valence-electron chi connectivity index (χ1n) is 8.40. The molecule has 2 amide bonds. The molecule has 5 nitrogen and oxygen atoms in total. The predicted octanol–water partition coefficient (Wildman–Crippen LogP) is 3.85. The minimum atomic E-state index is 0.0881.